The van der Waals surface area contributed by atoms with Crippen molar-refractivity contribution in [2.75, 3.05) is 5.32 Å². The Labute approximate surface area is 142 Å². The van der Waals surface area contributed by atoms with E-state index < -0.39 is 34.6 Å². The van der Waals surface area contributed by atoms with Gasteiger partial charge in [-0.25, -0.2) is 4.39 Å². The predicted molar refractivity (Wildman–Crippen MR) is 86.6 cm³/mol. The summed E-state index contributed by atoms with van der Waals surface area (Å²) in [6.07, 6.45) is -1.74. The molecule has 0 aromatic heterocycles. The Kier molecular flexibility index (Phi) is 4.54. The molecule has 2 nitrogen and oxygen atoms in total. The van der Waals surface area contributed by atoms with Gasteiger partial charge in [-0.3, -0.25) is 4.79 Å². The summed E-state index contributed by atoms with van der Waals surface area (Å²) in [5, 5.41) is 2.39. The second-order valence-corrected chi connectivity index (χ2v) is 6.30. The molecule has 132 valence electrons. The lowest BCUT2D eigenvalue weighted by Gasteiger charge is -2.28. The third-order valence-corrected chi connectivity index (χ3v) is 4.76. The van der Waals surface area contributed by atoms with Crippen LogP contribution in [0.3, 0.4) is 0 Å². The van der Waals surface area contributed by atoms with Gasteiger partial charge in [0.15, 0.2) is 0 Å². The number of halogens is 4. The molecule has 25 heavy (non-hydrogen) atoms. The smallest absolute Gasteiger partial charge is 0.323 e. The minimum absolute atomic E-state index is 0.443. The van der Waals surface area contributed by atoms with E-state index in [1.54, 1.807) is 0 Å². The van der Waals surface area contributed by atoms with E-state index in [2.05, 4.69) is 5.32 Å². The van der Waals surface area contributed by atoms with Gasteiger partial charge in [-0.15, -0.1) is 0 Å². The maximum absolute atomic E-state index is 14.0. The minimum atomic E-state index is -4.60. The largest absolute Gasteiger partial charge is 0.416 e. The van der Waals surface area contributed by atoms with Gasteiger partial charge in [0.2, 0.25) is 5.91 Å². The lowest BCUT2D eigenvalue weighted by atomic mass is 9.78. The first-order valence-electron chi connectivity index (χ1n) is 8.07. The molecule has 3 rings (SSSR count). The lowest BCUT2D eigenvalue weighted by molar-refractivity contribution is -0.137. The Balaban J connectivity index is 1.93. The van der Waals surface area contributed by atoms with E-state index in [4.69, 9.17) is 0 Å². The molecule has 0 spiro atoms. The Bertz CT molecular complexity index is 765. The summed E-state index contributed by atoms with van der Waals surface area (Å²) in [5.41, 5.74) is -1.47. The summed E-state index contributed by atoms with van der Waals surface area (Å²) in [6.45, 7) is 0. The molecule has 1 saturated carbocycles. The van der Waals surface area contributed by atoms with Gasteiger partial charge < -0.3 is 5.32 Å². The number of nitrogens with one attached hydrogen (secondary N) is 1. The fraction of sp³-hybridized carbons (Fsp3) is 0.316. The monoisotopic (exact) mass is 351 g/mol. The molecule has 0 saturated heterocycles. The van der Waals surface area contributed by atoms with Gasteiger partial charge in [-0.05, 0) is 36.6 Å². The summed E-state index contributed by atoms with van der Waals surface area (Å²) in [4.78, 5) is 12.9. The van der Waals surface area contributed by atoms with Crippen molar-refractivity contribution in [1.82, 2.24) is 0 Å². The predicted octanol–water partition coefficient (Wildman–Crippen LogP) is 5.30. The normalized spacial score (nSPS) is 16.6. The van der Waals surface area contributed by atoms with E-state index in [9.17, 15) is 22.4 Å². The van der Waals surface area contributed by atoms with Crippen molar-refractivity contribution in [2.24, 2.45) is 0 Å². The highest BCUT2D eigenvalue weighted by molar-refractivity contribution is 5.99. The third-order valence-electron chi connectivity index (χ3n) is 4.76. The number of amides is 1. The Morgan fingerprint density at radius 3 is 2.24 bits per heavy atom. The number of benzene rings is 2. The van der Waals surface area contributed by atoms with Crippen LogP contribution in [0.25, 0.3) is 0 Å². The first-order chi connectivity index (χ1) is 11.8. The maximum Gasteiger partial charge on any atom is 0.416 e. The molecule has 1 aliphatic rings. The number of carbonyl (C=O) groups excluding carboxylic acids is 1. The molecule has 0 heterocycles. The number of alkyl halides is 3. The average Bonchev–Trinajstić information content (AvgIpc) is 3.07. The van der Waals surface area contributed by atoms with E-state index in [1.807, 2.05) is 30.3 Å². The van der Waals surface area contributed by atoms with Crippen LogP contribution in [-0.4, -0.2) is 5.91 Å². The molecule has 0 atom stereocenters. The number of carbonyl (C=O) groups is 1. The summed E-state index contributed by atoms with van der Waals surface area (Å²) in [7, 11) is 0. The first-order valence-corrected chi connectivity index (χ1v) is 8.07. The molecule has 0 unspecified atom stereocenters. The molecular formula is C19H17F4NO. The highest BCUT2D eigenvalue weighted by atomic mass is 19.4. The molecule has 1 aliphatic carbocycles. The van der Waals surface area contributed by atoms with Gasteiger partial charge in [0.1, 0.15) is 5.82 Å². The van der Waals surface area contributed by atoms with Crippen LogP contribution in [0.4, 0.5) is 23.2 Å². The zero-order valence-corrected chi connectivity index (χ0v) is 13.4. The van der Waals surface area contributed by atoms with Gasteiger partial charge >= 0.3 is 6.18 Å². The van der Waals surface area contributed by atoms with Crippen LogP contribution in [0.1, 0.15) is 36.8 Å². The van der Waals surface area contributed by atoms with Crippen molar-refractivity contribution in [3.8, 4) is 0 Å². The fourth-order valence-corrected chi connectivity index (χ4v) is 3.42. The molecular weight excluding hydrogens is 334 g/mol. The van der Waals surface area contributed by atoms with Crippen molar-refractivity contribution in [3.63, 3.8) is 0 Å². The standard InChI is InChI=1S/C19H17F4NO/c20-15-9-8-14(19(21,22)23)12-16(15)24-17(25)18(10-4-5-11-18)13-6-2-1-3-7-13/h1-3,6-9,12H,4-5,10-11H2,(H,24,25). The van der Waals surface area contributed by atoms with Crippen LogP contribution in [0.15, 0.2) is 48.5 Å². The molecule has 0 bridgehead atoms. The van der Waals surface area contributed by atoms with E-state index >= 15 is 0 Å². The van der Waals surface area contributed by atoms with Crippen LogP contribution >= 0.6 is 0 Å². The zero-order valence-electron chi connectivity index (χ0n) is 13.4. The van der Waals surface area contributed by atoms with Crippen LogP contribution < -0.4 is 5.32 Å². The topological polar surface area (TPSA) is 29.1 Å². The number of hydrogen-bond donors (Lipinski definition) is 1. The third kappa shape index (κ3) is 3.38. The molecule has 2 aromatic carbocycles. The second kappa shape index (κ2) is 6.50. The fourth-order valence-electron chi connectivity index (χ4n) is 3.42. The molecule has 1 fully saturated rings. The highest BCUT2D eigenvalue weighted by Crippen LogP contribution is 2.42. The van der Waals surface area contributed by atoms with E-state index in [0.717, 1.165) is 24.5 Å². The van der Waals surface area contributed by atoms with Crippen molar-refractivity contribution in [3.05, 3.63) is 65.5 Å². The van der Waals surface area contributed by atoms with E-state index in [1.165, 1.54) is 0 Å². The molecule has 0 aliphatic heterocycles. The quantitative estimate of drug-likeness (QED) is 0.748. The van der Waals surface area contributed by atoms with Crippen molar-refractivity contribution in [1.29, 1.82) is 0 Å². The summed E-state index contributed by atoms with van der Waals surface area (Å²) in [6, 6.07) is 11.1. The second-order valence-electron chi connectivity index (χ2n) is 6.30. The minimum Gasteiger partial charge on any atom is -0.323 e. The van der Waals surface area contributed by atoms with Gasteiger partial charge in [0.05, 0.1) is 16.7 Å². The van der Waals surface area contributed by atoms with E-state index in [-0.39, 0.29) is 0 Å². The Hall–Kier alpha value is -2.37. The zero-order chi connectivity index (χ0) is 18.1. The maximum atomic E-state index is 14.0. The van der Waals surface area contributed by atoms with Crippen molar-refractivity contribution < 1.29 is 22.4 Å². The van der Waals surface area contributed by atoms with Crippen molar-refractivity contribution in [2.45, 2.75) is 37.3 Å². The highest BCUT2D eigenvalue weighted by Gasteiger charge is 2.43. The SMILES string of the molecule is O=C(Nc1cc(C(F)(F)F)ccc1F)C1(c2ccccc2)CCCC1. The summed E-state index contributed by atoms with van der Waals surface area (Å²) >= 11 is 0. The van der Waals surface area contributed by atoms with Gasteiger partial charge in [-0.1, -0.05) is 43.2 Å². The first kappa shape index (κ1) is 17.5. The van der Waals surface area contributed by atoms with Crippen molar-refractivity contribution >= 4 is 11.6 Å². The van der Waals surface area contributed by atoms with Gasteiger partial charge in [0, 0.05) is 0 Å². The van der Waals surface area contributed by atoms with Crippen LogP contribution in [0.5, 0.6) is 0 Å². The molecule has 1 amide bonds. The van der Waals surface area contributed by atoms with E-state index in [0.29, 0.717) is 25.0 Å². The molecule has 0 radical (unpaired) electrons. The number of rotatable bonds is 3. The van der Waals surface area contributed by atoms with Crippen LogP contribution in [0.2, 0.25) is 0 Å². The molecule has 2 aromatic rings. The molecule has 6 heteroatoms. The molecule has 1 N–H and O–H groups in total. The van der Waals surface area contributed by atoms with Crippen LogP contribution in [0, 0.1) is 5.82 Å². The summed E-state index contributed by atoms with van der Waals surface area (Å²) < 4.78 is 52.5. The lowest BCUT2D eigenvalue weighted by Crippen LogP contribution is -2.38. The summed E-state index contributed by atoms with van der Waals surface area (Å²) in [5.74, 6) is -1.35. The Morgan fingerprint density at radius 1 is 1.00 bits per heavy atom. The van der Waals surface area contributed by atoms with Gasteiger partial charge in [0.25, 0.3) is 0 Å². The van der Waals surface area contributed by atoms with Gasteiger partial charge in [-0.2, -0.15) is 13.2 Å². The van der Waals surface area contributed by atoms with Crippen LogP contribution in [-0.2, 0) is 16.4 Å². The average molecular weight is 351 g/mol. The Morgan fingerprint density at radius 2 is 1.64 bits per heavy atom. The number of hydrogen-bond acceptors (Lipinski definition) is 1. The number of anilines is 1.